The second kappa shape index (κ2) is 8.38. The zero-order chi connectivity index (χ0) is 14.3. The van der Waals surface area contributed by atoms with Crippen molar-refractivity contribution in [1.82, 2.24) is 20.4 Å². The van der Waals surface area contributed by atoms with Crippen molar-refractivity contribution in [2.24, 2.45) is 5.92 Å². The molecule has 0 radical (unpaired) electrons. The van der Waals surface area contributed by atoms with E-state index in [2.05, 4.69) is 34.3 Å². The van der Waals surface area contributed by atoms with E-state index >= 15 is 0 Å². The molecular weight excluding hydrogens is 240 g/mol. The molecule has 0 aliphatic carbocycles. The molecule has 5 heteroatoms. The van der Waals surface area contributed by atoms with Gasteiger partial charge in [-0.2, -0.15) is 0 Å². The first-order valence-corrected chi connectivity index (χ1v) is 7.50. The van der Waals surface area contributed by atoms with Crippen molar-refractivity contribution in [3.05, 3.63) is 0 Å². The number of rotatable bonds is 6. The topological polar surface area (TPSA) is 47.6 Å². The third kappa shape index (κ3) is 6.78. The Bertz CT molecular complexity index is 262. The molecule has 1 aliphatic heterocycles. The zero-order valence-electron chi connectivity index (χ0n) is 12.9. The van der Waals surface area contributed by atoms with E-state index in [-0.39, 0.29) is 12.1 Å². The van der Waals surface area contributed by atoms with E-state index in [9.17, 15) is 4.79 Å². The van der Waals surface area contributed by atoms with Gasteiger partial charge in [-0.15, -0.1) is 0 Å². The van der Waals surface area contributed by atoms with Gasteiger partial charge in [-0.3, -0.25) is 0 Å². The summed E-state index contributed by atoms with van der Waals surface area (Å²) in [5.74, 6) is 0.492. The fourth-order valence-corrected chi connectivity index (χ4v) is 2.37. The SMILES string of the molecule is CCN1CCN(CC(C)CNC(=O)NC(C)C)CC1. The van der Waals surface area contributed by atoms with Crippen LogP contribution in [0.25, 0.3) is 0 Å². The molecule has 2 N–H and O–H groups in total. The third-order valence-corrected chi connectivity index (χ3v) is 3.51. The van der Waals surface area contributed by atoms with Crippen LogP contribution in [0.5, 0.6) is 0 Å². The van der Waals surface area contributed by atoms with Crippen molar-refractivity contribution in [1.29, 1.82) is 0 Å². The molecule has 1 rings (SSSR count). The molecule has 1 fully saturated rings. The smallest absolute Gasteiger partial charge is 0.314 e. The molecule has 1 saturated heterocycles. The van der Waals surface area contributed by atoms with Gasteiger partial charge in [0.2, 0.25) is 0 Å². The molecule has 2 amide bonds. The Labute approximate surface area is 117 Å². The number of piperazine rings is 1. The second-order valence-corrected chi connectivity index (χ2v) is 5.85. The predicted octanol–water partition coefficient (Wildman–Crippen LogP) is 0.968. The van der Waals surface area contributed by atoms with Crippen molar-refractivity contribution in [3.8, 4) is 0 Å². The van der Waals surface area contributed by atoms with Crippen LogP contribution >= 0.6 is 0 Å². The molecule has 112 valence electrons. The minimum Gasteiger partial charge on any atom is -0.338 e. The monoisotopic (exact) mass is 270 g/mol. The molecule has 19 heavy (non-hydrogen) atoms. The number of urea groups is 1. The fraction of sp³-hybridized carbons (Fsp3) is 0.929. The Kier molecular flexibility index (Phi) is 7.16. The number of carbonyl (C=O) groups is 1. The van der Waals surface area contributed by atoms with E-state index in [0.29, 0.717) is 5.92 Å². The maximum absolute atomic E-state index is 11.5. The molecule has 0 aromatic heterocycles. The average Bonchev–Trinajstić information content (AvgIpc) is 2.36. The van der Waals surface area contributed by atoms with Gasteiger partial charge in [0.1, 0.15) is 0 Å². The van der Waals surface area contributed by atoms with Crippen molar-refractivity contribution in [2.45, 2.75) is 33.7 Å². The minimum absolute atomic E-state index is 0.0577. The summed E-state index contributed by atoms with van der Waals surface area (Å²) >= 11 is 0. The molecule has 1 aliphatic rings. The van der Waals surface area contributed by atoms with E-state index in [1.165, 1.54) is 13.1 Å². The number of likely N-dealkylation sites (N-methyl/N-ethyl adjacent to an activating group) is 1. The molecule has 0 bridgehead atoms. The Morgan fingerprint density at radius 3 is 2.21 bits per heavy atom. The summed E-state index contributed by atoms with van der Waals surface area (Å²) in [5, 5.41) is 5.78. The van der Waals surface area contributed by atoms with Crippen molar-refractivity contribution in [2.75, 3.05) is 45.8 Å². The molecule has 1 atom stereocenters. The predicted molar refractivity (Wildman–Crippen MR) is 79.4 cm³/mol. The number of amides is 2. The van der Waals surface area contributed by atoms with Crippen LogP contribution in [-0.4, -0.2) is 67.7 Å². The van der Waals surface area contributed by atoms with Crippen LogP contribution in [0.15, 0.2) is 0 Å². The quantitative estimate of drug-likeness (QED) is 0.756. The molecule has 1 unspecified atom stereocenters. The largest absolute Gasteiger partial charge is 0.338 e. The normalized spacial score (nSPS) is 19.4. The second-order valence-electron chi connectivity index (χ2n) is 5.85. The molecular formula is C14H30N4O. The lowest BCUT2D eigenvalue weighted by molar-refractivity contribution is 0.124. The van der Waals surface area contributed by atoms with Crippen LogP contribution in [0.1, 0.15) is 27.7 Å². The molecule has 0 aromatic carbocycles. The van der Waals surface area contributed by atoms with Crippen molar-refractivity contribution < 1.29 is 4.79 Å². The summed E-state index contributed by atoms with van der Waals surface area (Å²) in [5.41, 5.74) is 0. The van der Waals surface area contributed by atoms with Gasteiger partial charge in [0.05, 0.1) is 0 Å². The van der Waals surface area contributed by atoms with Gasteiger partial charge in [-0.25, -0.2) is 4.79 Å². The Hall–Kier alpha value is -0.810. The Morgan fingerprint density at radius 2 is 1.68 bits per heavy atom. The first-order valence-electron chi connectivity index (χ1n) is 7.50. The maximum atomic E-state index is 11.5. The van der Waals surface area contributed by atoms with Crippen LogP contribution in [-0.2, 0) is 0 Å². The average molecular weight is 270 g/mol. The molecule has 1 heterocycles. The fourth-order valence-electron chi connectivity index (χ4n) is 2.37. The number of hydrogen-bond donors (Lipinski definition) is 2. The molecule has 0 spiro atoms. The maximum Gasteiger partial charge on any atom is 0.314 e. The van der Waals surface area contributed by atoms with Crippen LogP contribution in [0, 0.1) is 5.92 Å². The van der Waals surface area contributed by atoms with E-state index < -0.39 is 0 Å². The van der Waals surface area contributed by atoms with Crippen LogP contribution < -0.4 is 10.6 Å². The van der Waals surface area contributed by atoms with Gasteiger partial charge < -0.3 is 20.4 Å². The summed E-state index contributed by atoms with van der Waals surface area (Å²) in [6.45, 7) is 16.0. The summed E-state index contributed by atoms with van der Waals surface area (Å²) < 4.78 is 0. The third-order valence-electron chi connectivity index (χ3n) is 3.51. The van der Waals surface area contributed by atoms with Crippen molar-refractivity contribution >= 4 is 6.03 Å². The zero-order valence-corrected chi connectivity index (χ0v) is 12.9. The molecule has 0 saturated carbocycles. The summed E-state index contributed by atoms with van der Waals surface area (Å²) in [6, 6.07) is 0.134. The number of carbonyl (C=O) groups excluding carboxylic acids is 1. The summed E-state index contributed by atoms with van der Waals surface area (Å²) in [7, 11) is 0. The first kappa shape index (κ1) is 16.2. The van der Waals surface area contributed by atoms with E-state index in [1.54, 1.807) is 0 Å². The Balaban J connectivity index is 2.14. The highest BCUT2D eigenvalue weighted by Gasteiger charge is 2.17. The number of hydrogen-bond acceptors (Lipinski definition) is 3. The Morgan fingerprint density at radius 1 is 1.11 bits per heavy atom. The van der Waals surface area contributed by atoms with Gasteiger partial charge >= 0.3 is 6.03 Å². The van der Waals surface area contributed by atoms with Gasteiger partial charge in [0, 0.05) is 45.3 Å². The van der Waals surface area contributed by atoms with Crippen LogP contribution in [0.3, 0.4) is 0 Å². The lowest BCUT2D eigenvalue weighted by Crippen LogP contribution is -2.48. The van der Waals surface area contributed by atoms with E-state index in [0.717, 1.165) is 32.7 Å². The van der Waals surface area contributed by atoms with Gasteiger partial charge in [0.25, 0.3) is 0 Å². The van der Waals surface area contributed by atoms with Crippen molar-refractivity contribution in [3.63, 3.8) is 0 Å². The minimum atomic E-state index is -0.0577. The number of nitrogens with one attached hydrogen (secondary N) is 2. The lowest BCUT2D eigenvalue weighted by Gasteiger charge is -2.35. The summed E-state index contributed by atoms with van der Waals surface area (Å²) in [4.78, 5) is 16.5. The van der Waals surface area contributed by atoms with Gasteiger partial charge in [-0.05, 0) is 26.3 Å². The van der Waals surface area contributed by atoms with Gasteiger partial charge in [0.15, 0.2) is 0 Å². The van der Waals surface area contributed by atoms with E-state index in [1.807, 2.05) is 13.8 Å². The van der Waals surface area contributed by atoms with Crippen LogP contribution in [0.2, 0.25) is 0 Å². The van der Waals surface area contributed by atoms with E-state index in [4.69, 9.17) is 0 Å². The lowest BCUT2D eigenvalue weighted by atomic mass is 10.1. The highest BCUT2D eigenvalue weighted by atomic mass is 16.2. The summed E-state index contributed by atoms with van der Waals surface area (Å²) in [6.07, 6.45) is 0. The molecule has 5 nitrogen and oxygen atoms in total. The standard InChI is InChI=1S/C14H30N4O/c1-5-17-6-8-18(9-7-17)11-13(4)10-15-14(19)16-12(2)3/h12-13H,5-11H2,1-4H3,(H2,15,16,19). The first-order chi connectivity index (χ1) is 9.01. The highest BCUT2D eigenvalue weighted by Crippen LogP contribution is 2.04. The molecule has 0 aromatic rings. The number of nitrogens with zero attached hydrogens (tertiary/aromatic N) is 2. The van der Waals surface area contributed by atoms with Crippen LogP contribution in [0.4, 0.5) is 4.79 Å². The highest BCUT2D eigenvalue weighted by molar-refractivity contribution is 5.74. The van der Waals surface area contributed by atoms with Gasteiger partial charge in [-0.1, -0.05) is 13.8 Å².